The van der Waals surface area contributed by atoms with Gasteiger partial charge in [-0.05, 0) is 37.1 Å². The Hall–Kier alpha value is -3.02. The van der Waals surface area contributed by atoms with Crippen LogP contribution in [0.2, 0.25) is 0 Å². The van der Waals surface area contributed by atoms with Crippen molar-refractivity contribution in [3.8, 4) is 11.5 Å². The number of benzene rings is 2. The van der Waals surface area contributed by atoms with Crippen molar-refractivity contribution >= 4 is 17.4 Å². The highest BCUT2D eigenvalue weighted by Crippen LogP contribution is 2.26. The highest BCUT2D eigenvalue weighted by atomic mass is 16.5. The topological polar surface area (TPSA) is 65.4 Å². The first-order valence-electron chi connectivity index (χ1n) is 8.70. The zero-order valence-electron chi connectivity index (χ0n) is 14.9. The van der Waals surface area contributed by atoms with Crippen molar-refractivity contribution in [2.75, 3.05) is 13.7 Å². The highest BCUT2D eigenvalue weighted by Gasteiger charge is 2.10. The summed E-state index contributed by atoms with van der Waals surface area (Å²) in [6.45, 7) is 1.87. The van der Waals surface area contributed by atoms with Crippen LogP contribution in [0.25, 0.3) is 11.0 Å². The van der Waals surface area contributed by atoms with Crippen LogP contribution in [-0.4, -0.2) is 29.7 Å². The molecular weight excluding hydrogens is 330 g/mol. The molecule has 26 heavy (non-hydrogen) atoms. The summed E-state index contributed by atoms with van der Waals surface area (Å²) >= 11 is 0. The van der Waals surface area contributed by atoms with E-state index in [1.807, 2.05) is 42.5 Å². The van der Waals surface area contributed by atoms with Gasteiger partial charge >= 0.3 is 0 Å². The Morgan fingerprint density at radius 2 is 1.85 bits per heavy atom. The van der Waals surface area contributed by atoms with Gasteiger partial charge in [0.05, 0.1) is 31.3 Å². The number of rotatable bonds is 10. The number of hydrogen-bond acceptors (Lipinski definition) is 4. The number of aromatic nitrogens is 2. The largest absolute Gasteiger partial charge is 0.493 e. The van der Waals surface area contributed by atoms with Gasteiger partial charge in [-0.15, -0.1) is 0 Å². The molecule has 0 atom stereocenters. The maximum Gasteiger partial charge on any atom is 0.207 e. The van der Waals surface area contributed by atoms with Gasteiger partial charge in [-0.3, -0.25) is 4.79 Å². The molecule has 1 heterocycles. The minimum absolute atomic E-state index is 0.426. The number of nitrogens with one attached hydrogen (secondary N) is 1. The molecule has 0 radical (unpaired) electrons. The molecule has 6 nitrogen and oxygen atoms in total. The molecular formula is C20H23N3O3. The number of hydrogen-bond donors (Lipinski definition) is 1. The van der Waals surface area contributed by atoms with E-state index in [1.54, 1.807) is 7.11 Å². The van der Waals surface area contributed by atoms with Gasteiger partial charge in [-0.2, -0.15) is 0 Å². The summed E-state index contributed by atoms with van der Waals surface area (Å²) in [6.07, 6.45) is 2.56. The summed E-state index contributed by atoms with van der Waals surface area (Å²) in [5.74, 6) is 2.37. The number of unbranched alkanes of at least 4 members (excludes halogenated alkanes) is 1. The lowest BCUT2D eigenvalue weighted by molar-refractivity contribution is -0.109. The Morgan fingerprint density at radius 1 is 1.08 bits per heavy atom. The molecule has 0 spiro atoms. The van der Waals surface area contributed by atoms with Crippen molar-refractivity contribution in [3.05, 3.63) is 54.4 Å². The number of para-hydroxylation sites is 4. The van der Waals surface area contributed by atoms with Crippen LogP contribution in [0.3, 0.4) is 0 Å². The van der Waals surface area contributed by atoms with Gasteiger partial charge in [-0.25, -0.2) is 4.98 Å². The van der Waals surface area contributed by atoms with Crippen LogP contribution in [0.4, 0.5) is 0 Å². The first kappa shape index (κ1) is 17.8. The number of imidazole rings is 1. The van der Waals surface area contributed by atoms with Crippen molar-refractivity contribution < 1.29 is 14.3 Å². The van der Waals surface area contributed by atoms with E-state index < -0.39 is 0 Å². The minimum Gasteiger partial charge on any atom is -0.493 e. The van der Waals surface area contributed by atoms with E-state index in [0.29, 0.717) is 19.6 Å². The third-order valence-corrected chi connectivity index (χ3v) is 4.18. The van der Waals surface area contributed by atoms with Gasteiger partial charge in [0, 0.05) is 6.54 Å². The van der Waals surface area contributed by atoms with Crippen LogP contribution in [0.1, 0.15) is 18.7 Å². The van der Waals surface area contributed by atoms with Gasteiger partial charge in [-0.1, -0.05) is 24.3 Å². The summed E-state index contributed by atoms with van der Waals surface area (Å²) in [7, 11) is 1.64. The number of fused-ring (bicyclic) bond motifs is 1. The van der Waals surface area contributed by atoms with E-state index in [4.69, 9.17) is 9.47 Å². The van der Waals surface area contributed by atoms with Crippen molar-refractivity contribution in [1.82, 2.24) is 14.9 Å². The number of nitrogens with zero attached hydrogens (tertiary/aromatic N) is 2. The quantitative estimate of drug-likeness (QED) is 0.449. The van der Waals surface area contributed by atoms with Crippen LogP contribution in [0.15, 0.2) is 48.5 Å². The van der Waals surface area contributed by atoms with Crippen molar-refractivity contribution in [3.63, 3.8) is 0 Å². The SMILES string of the molecule is COc1ccccc1OCCCCn1c(CNC=O)nc2ccccc21. The number of aryl methyl sites for hydroxylation is 1. The molecule has 0 aliphatic carbocycles. The molecule has 1 aromatic heterocycles. The summed E-state index contributed by atoms with van der Waals surface area (Å²) in [5.41, 5.74) is 2.03. The molecule has 1 amide bonds. The van der Waals surface area contributed by atoms with E-state index in [-0.39, 0.29) is 0 Å². The van der Waals surface area contributed by atoms with Gasteiger partial charge < -0.3 is 19.4 Å². The Balaban J connectivity index is 1.58. The molecule has 0 unspecified atom stereocenters. The average molecular weight is 353 g/mol. The fraction of sp³-hybridized carbons (Fsp3) is 0.300. The first-order valence-corrected chi connectivity index (χ1v) is 8.70. The Labute approximate surface area is 152 Å². The zero-order valence-corrected chi connectivity index (χ0v) is 14.9. The Bertz CT molecular complexity index is 860. The molecule has 0 aliphatic heterocycles. The maximum absolute atomic E-state index is 10.6. The number of carbonyl (C=O) groups excluding carboxylic acids is 1. The van der Waals surface area contributed by atoms with Crippen LogP contribution in [-0.2, 0) is 17.9 Å². The fourth-order valence-corrected chi connectivity index (χ4v) is 2.93. The second kappa shape index (κ2) is 8.89. The average Bonchev–Trinajstić information content (AvgIpc) is 3.04. The Kier molecular flexibility index (Phi) is 6.09. The Morgan fingerprint density at radius 3 is 2.65 bits per heavy atom. The lowest BCUT2D eigenvalue weighted by atomic mass is 10.3. The van der Waals surface area contributed by atoms with Gasteiger partial charge in [0.2, 0.25) is 6.41 Å². The van der Waals surface area contributed by atoms with Crippen LogP contribution >= 0.6 is 0 Å². The molecule has 0 saturated heterocycles. The van der Waals surface area contributed by atoms with E-state index in [1.165, 1.54) is 0 Å². The summed E-state index contributed by atoms with van der Waals surface area (Å²) in [6, 6.07) is 15.7. The molecule has 0 fully saturated rings. The molecule has 2 aromatic carbocycles. The summed E-state index contributed by atoms with van der Waals surface area (Å²) in [5, 5.41) is 2.70. The van der Waals surface area contributed by atoms with E-state index in [0.717, 1.165) is 47.7 Å². The molecule has 6 heteroatoms. The molecule has 0 saturated carbocycles. The fourth-order valence-electron chi connectivity index (χ4n) is 2.93. The minimum atomic E-state index is 0.426. The predicted octanol–water partition coefficient (Wildman–Crippen LogP) is 3.15. The van der Waals surface area contributed by atoms with E-state index >= 15 is 0 Å². The lowest BCUT2D eigenvalue weighted by Gasteiger charge is -2.11. The van der Waals surface area contributed by atoms with Gasteiger partial charge in [0.1, 0.15) is 5.82 Å². The van der Waals surface area contributed by atoms with Crippen molar-refractivity contribution in [1.29, 1.82) is 0 Å². The second-order valence-corrected chi connectivity index (χ2v) is 5.87. The standard InChI is InChI=1S/C20H23N3O3/c1-25-18-10-4-5-11-19(18)26-13-7-6-12-23-17-9-3-2-8-16(17)22-20(23)14-21-15-24/h2-5,8-11,15H,6-7,12-14H2,1H3,(H,21,24). The third-order valence-electron chi connectivity index (χ3n) is 4.18. The molecule has 3 aromatic rings. The van der Waals surface area contributed by atoms with Crippen LogP contribution in [0.5, 0.6) is 11.5 Å². The number of carbonyl (C=O) groups is 1. The van der Waals surface area contributed by atoms with Crippen LogP contribution in [0, 0.1) is 0 Å². The lowest BCUT2D eigenvalue weighted by Crippen LogP contribution is -2.15. The predicted molar refractivity (Wildman–Crippen MR) is 100 cm³/mol. The van der Waals surface area contributed by atoms with Crippen LogP contribution < -0.4 is 14.8 Å². The third kappa shape index (κ3) is 4.14. The smallest absolute Gasteiger partial charge is 0.207 e. The zero-order chi connectivity index (χ0) is 18.2. The van der Waals surface area contributed by atoms with Gasteiger partial charge in [0.15, 0.2) is 11.5 Å². The summed E-state index contributed by atoms with van der Waals surface area (Å²) in [4.78, 5) is 15.2. The second-order valence-electron chi connectivity index (χ2n) is 5.87. The van der Waals surface area contributed by atoms with Crippen molar-refractivity contribution in [2.45, 2.75) is 25.9 Å². The maximum atomic E-state index is 10.6. The molecule has 0 bridgehead atoms. The number of methoxy groups -OCH3 is 1. The molecule has 1 N–H and O–H groups in total. The van der Waals surface area contributed by atoms with E-state index in [9.17, 15) is 4.79 Å². The molecule has 3 rings (SSSR count). The van der Waals surface area contributed by atoms with Gasteiger partial charge in [0.25, 0.3) is 0 Å². The molecule has 136 valence electrons. The first-order chi connectivity index (χ1) is 12.8. The normalized spacial score (nSPS) is 10.7. The highest BCUT2D eigenvalue weighted by molar-refractivity contribution is 5.75. The summed E-state index contributed by atoms with van der Waals surface area (Å²) < 4.78 is 13.3. The monoisotopic (exact) mass is 353 g/mol. The van der Waals surface area contributed by atoms with Crippen molar-refractivity contribution in [2.24, 2.45) is 0 Å². The van der Waals surface area contributed by atoms with E-state index in [2.05, 4.69) is 20.9 Å². The number of amides is 1. The number of ether oxygens (including phenoxy) is 2. The molecule has 0 aliphatic rings.